The summed E-state index contributed by atoms with van der Waals surface area (Å²) in [4.78, 5) is 28.7. The summed E-state index contributed by atoms with van der Waals surface area (Å²) in [6.07, 6.45) is 3.92. The van der Waals surface area contributed by atoms with Gasteiger partial charge in [0.1, 0.15) is 12.6 Å². The monoisotopic (exact) mass is 601 g/mol. The molecule has 0 aliphatic heterocycles. The maximum atomic E-state index is 14.0. The molecular formula is C30H33Cl2N3O4S. The molecule has 1 fully saturated rings. The SMILES string of the molecule is Cc1cccc(N(CC(=O)N(Cc2cccc(Cl)c2)[C@H](C)C(=O)NC2CCCC2)S(=O)(=O)c2ccc(Cl)cc2)c1. The average Bonchev–Trinajstić information content (AvgIpc) is 3.43. The van der Waals surface area contributed by atoms with Crippen LogP contribution in [0, 0.1) is 6.92 Å². The van der Waals surface area contributed by atoms with Gasteiger partial charge in [-0.15, -0.1) is 0 Å². The van der Waals surface area contributed by atoms with Crippen LogP contribution < -0.4 is 9.62 Å². The van der Waals surface area contributed by atoms with Gasteiger partial charge in [0.05, 0.1) is 10.6 Å². The number of nitrogens with one attached hydrogen (secondary N) is 1. The maximum Gasteiger partial charge on any atom is 0.264 e. The molecule has 1 aliphatic rings. The second kappa shape index (κ2) is 13.1. The van der Waals surface area contributed by atoms with Gasteiger partial charge in [0.25, 0.3) is 10.0 Å². The zero-order chi connectivity index (χ0) is 28.9. The Morgan fingerprint density at radius 3 is 2.27 bits per heavy atom. The summed E-state index contributed by atoms with van der Waals surface area (Å²) in [5.41, 5.74) is 1.90. The maximum absolute atomic E-state index is 14.0. The zero-order valence-electron chi connectivity index (χ0n) is 22.5. The number of nitrogens with zero attached hydrogens (tertiary/aromatic N) is 2. The van der Waals surface area contributed by atoms with Crippen molar-refractivity contribution in [2.75, 3.05) is 10.8 Å². The van der Waals surface area contributed by atoms with Crippen molar-refractivity contribution in [3.05, 3.63) is 94.0 Å². The number of aryl methyl sites for hydroxylation is 1. The number of anilines is 1. The highest BCUT2D eigenvalue weighted by atomic mass is 35.5. The number of carbonyl (C=O) groups excluding carboxylic acids is 2. The van der Waals surface area contributed by atoms with E-state index in [9.17, 15) is 18.0 Å². The third kappa shape index (κ3) is 7.36. The van der Waals surface area contributed by atoms with Gasteiger partial charge in [0.15, 0.2) is 0 Å². The fourth-order valence-electron chi connectivity index (χ4n) is 4.85. The number of hydrogen-bond acceptors (Lipinski definition) is 4. The molecule has 2 amide bonds. The highest BCUT2D eigenvalue weighted by Gasteiger charge is 2.33. The first-order valence-corrected chi connectivity index (χ1v) is 15.4. The van der Waals surface area contributed by atoms with Crippen LogP contribution in [0.25, 0.3) is 0 Å². The van der Waals surface area contributed by atoms with E-state index in [2.05, 4.69) is 5.32 Å². The second-order valence-electron chi connectivity index (χ2n) is 10.1. The van der Waals surface area contributed by atoms with Crippen LogP contribution in [0.3, 0.4) is 0 Å². The summed E-state index contributed by atoms with van der Waals surface area (Å²) in [5.74, 6) is -0.793. The predicted octanol–water partition coefficient (Wildman–Crippen LogP) is 5.97. The lowest BCUT2D eigenvalue weighted by molar-refractivity contribution is -0.139. The standard InChI is InChI=1S/C30H33Cl2N3O4S/c1-21-7-5-12-27(17-21)35(40(38,39)28-15-13-24(31)14-16-28)20-29(36)34(19-23-8-6-9-25(32)18-23)22(2)30(37)33-26-10-3-4-11-26/h5-9,12-18,22,26H,3-4,10-11,19-20H2,1-2H3,(H,33,37)/t22-/m1/s1. The second-order valence-corrected chi connectivity index (χ2v) is 12.9. The van der Waals surface area contributed by atoms with Crippen LogP contribution in [0.2, 0.25) is 10.0 Å². The summed E-state index contributed by atoms with van der Waals surface area (Å²) < 4.78 is 28.8. The zero-order valence-corrected chi connectivity index (χ0v) is 24.8. The van der Waals surface area contributed by atoms with Crippen molar-refractivity contribution in [3.63, 3.8) is 0 Å². The van der Waals surface area contributed by atoms with E-state index >= 15 is 0 Å². The molecule has 0 saturated heterocycles. The van der Waals surface area contributed by atoms with Crippen molar-refractivity contribution in [3.8, 4) is 0 Å². The third-order valence-electron chi connectivity index (χ3n) is 7.08. The smallest absolute Gasteiger partial charge is 0.264 e. The number of hydrogen-bond donors (Lipinski definition) is 1. The van der Waals surface area contributed by atoms with Gasteiger partial charge in [-0.1, -0.05) is 60.3 Å². The van der Waals surface area contributed by atoms with Gasteiger partial charge >= 0.3 is 0 Å². The quantitative estimate of drug-likeness (QED) is 0.310. The highest BCUT2D eigenvalue weighted by Crippen LogP contribution is 2.27. The summed E-state index contributed by atoms with van der Waals surface area (Å²) in [6.45, 7) is 3.09. The van der Waals surface area contributed by atoms with Gasteiger partial charge < -0.3 is 10.2 Å². The van der Waals surface area contributed by atoms with E-state index in [-0.39, 0.29) is 23.4 Å². The Balaban J connectivity index is 1.69. The number of halogens is 2. The fourth-order valence-corrected chi connectivity index (χ4v) is 6.60. The molecule has 40 heavy (non-hydrogen) atoms. The Hall–Kier alpha value is -3.07. The highest BCUT2D eigenvalue weighted by molar-refractivity contribution is 7.92. The minimum absolute atomic E-state index is 0.000350. The van der Waals surface area contributed by atoms with Gasteiger partial charge in [0, 0.05) is 22.6 Å². The molecule has 3 aromatic carbocycles. The number of carbonyl (C=O) groups is 2. The van der Waals surface area contributed by atoms with Crippen LogP contribution in [0.1, 0.15) is 43.7 Å². The normalized spacial score (nSPS) is 14.5. The lowest BCUT2D eigenvalue weighted by atomic mass is 10.1. The molecule has 1 aliphatic carbocycles. The fraction of sp³-hybridized carbons (Fsp3) is 0.333. The first-order valence-electron chi connectivity index (χ1n) is 13.2. The van der Waals surface area contributed by atoms with Gasteiger partial charge in [-0.3, -0.25) is 13.9 Å². The van der Waals surface area contributed by atoms with E-state index in [1.807, 2.05) is 19.1 Å². The molecule has 0 bridgehead atoms. The third-order valence-corrected chi connectivity index (χ3v) is 9.36. The van der Waals surface area contributed by atoms with E-state index in [0.717, 1.165) is 41.1 Å². The Kier molecular flexibility index (Phi) is 9.77. The Bertz CT molecular complexity index is 1460. The van der Waals surface area contributed by atoms with Crippen LogP contribution in [0.5, 0.6) is 0 Å². The molecule has 7 nitrogen and oxygen atoms in total. The van der Waals surface area contributed by atoms with Crippen molar-refractivity contribution in [1.82, 2.24) is 10.2 Å². The number of amides is 2. The van der Waals surface area contributed by atoms with Crippen LogP contribution in [-0.4, -0.2) is 43.8 Å². The topological polar surface area (TPSA) is 86.8 Å². The number of benzene rings is 3. The van der Waals surface area contributed by atoms with Gasteiger partial charge in [-0.05, 0) is 86.3 Å². The molecule has 4 rings (SSSR count). The largest absolute Gasteiger partial charge is 0.352 e. The number of rotatable bonds is 10. The molecule has 10 heteroatoms. The van der Waals surface area contributed by atoms with E-state index in [1.54, 1.807) is 43.3 Å². The van der Waals surface area contributed by atoms with Crippen LogP contribution >= 0.6 is 23.2 Å². The van der Waals surface area contributed by atoms with Crippen molar-refractivity contribution in [2.24, 2.45) is 0 Å². The Morgan fingerprint density at radius 2 is 1.62 bits per heavy atom. The van der Waals surface area contributed by atoms with E-state index < -0.39 is 28.5 Å². The van der Waals surface area contributed by atoms with Crippen LogP contribution in [-0.2, 0) is 26.2 Å². The minimum atomic E-state index is -4.15. The van der Waals surface area contributed by atoms with Crippen LogP contribution in [0.4, 0.5) is 5.69 Å². The predicted molar refractivity (Wildman–Crippen MR) is 159 cm³/mol. The molecule has 0 spiro atoms. The molecule has 1 N–H and O–H groups in total. The lowest BCUT2D eigenvalue weighted by Gasteiger charge is -2.32. The van der Waals surface area contributed by atoms with Crippen LogP contribution in [0.15, 0.2) is 77.7 Å². The number of sulfonamides is 1. The van der Waals surface area contributed by atoms with Gasteiger partial charge in [-0.2, -0.15) is 0 Å². The lowest BCUT2D eigenvalue weighted by Crippen LogP contribution is -2.52. The molecule has 0 aromatic heterocycles. The summed E-state index contributed by atoms with van der Waals surface area (Å²) in [6, 6.07) is 19.0. The molecule has 0 unspecified atom stereocenters. The van der Waals surface area contributed by atoms with Gasteiger partial charge in [0.2, 0.25) is 11.8 Å². The first-order chi connectivity index (χ1) is 19.0. The summed E-state index contributed by atoms with van der Waals surface area (Å²) in [7, 11) is -4.15. The molecule has 0 heterocycles. The Labute approximate surface area is 246 Å². The minimum Gasteiger partial charge on any atom is -0.352 e. The van der Waals surface area contributed by atoms with E-state index in [1.165, 1.54) is 29.2 Å². The van der Waals surface area contributed by atoms with Gasteiger partial charge in [-0.25, -0.2) is 8.42 Å². The molecule has 1 saturated carbocycles. The molecule has 1 atom stereocenters. The summed E-state index contributed by atoms with van der Waals surface area (Å²) >= 11 is 12.2. The first kappa shape index (κ1) is 29.9. The van der Waals surface area contributed by atoms with E-state index in [4.69, 9.17) is 23.2 Å². The van der Waals surface area contributed by atoms with Crippen molar-refractivity contribution >= 4 is 50.7 Å². The average molecular weight is 603 g/mol. The molecule has 0 radical (unpaired) electrons. The molecule has 3 aromatic rings. The molecule has 212 valence electrons. The van der Waals surface area contributed by atoms with Crippen molar-refractivity contribution < 1.29 is 18.0 Å². The van der Waals surface area contributed by atoms with E-state index in [0.29, 0.717) is 15.7 Å². The molecular weight excluding hydrogens is 569 g/mol. The van der Waals surface area contributed by atoms with Crippen molar-refractivity contribution in [2.45, 2.75) is 63.1 Å². The Morgan fingerprint density at radius 1 is 0.950 bits per heavy atom. The van der Waals surface area contributed by atoms with Crippen molar-refractivity contribution in [1.29, 1.82) is 0 Å². The summed E-state index contributed by atoms with van der Waals surface area (Å²) in [5, 5.41) is 3.96.